The van der Waals surface area contributed by atoms with Gasteiger partial charge in [-0.2, -0.15) is 4.68 Å². The SMILES string of the molecule is Cc1ccc(-n2nnnc2SCCOC(=O)Nc2ccccc2)cc1C. The Kier molecular flexibility index (Phi) is 5.85. The molecule has 0 unspecified atom stereocenters. The first-order valence-corrected chi connectivity index (χ1v) is 9.09. The summed E-state index contributed by atoms with van der Waals surface area (Å²) in [6.07, 6.45) is -0.481. The molecule has 7 nitrogen and oxygen atoms in total. The van der Waals surface area contributed by atoms with E-state index in [1.807, 2.05) is 36.4 Å². The van der Waals surface area contributed by atoms with E-state index < -0.39 is 6.09 Å². The van der Waals surface area contributed by atoms with Gasteiger partial charge in [0.15, 0.2) is 0 Å². The van der Waals surface area contributed by atoms with E-state index >= 15 is 0 Å². The molecular formula is C18H19N5O2S. The van der Waals surface area contributed by atoms with E-state index in [0.29, 0.717) is 16.6 Å². The summed E-state index contributed by atoms with van der Waals surface area (Å²) in [5, 5.41) is 15.1. The van der Waals surface area contributed by atoms with Gasteiger partial charge in [-0.3, -0.25) is 5.32 Å². The van der Waals surface area contributed by atoms with E-state index in [9.17, 15) is 4.79 Å². The molecule has 0 saturated carbocycles. The first kappa shape index (κ1) is 17.9. The van der Waals surface area contributed by atoms with Crippen LogP contribution in [-0.2, 0) is 4.74 Å². The molecule has 0 bridgehead atoms. The molecule has 0 fully saturated rings. The van der Waals surface area contributed by atoms with Crippen LogP contribution in [-0.4, -0.2) is 38.7 Å². The lowest BCUT2D eigenvalue weighted by atomic mass is 10.1. The Hall–Kier alpha value is -2.87. The monoisotopic (exact) mass is 369 g/mol. The van der Waals surface area contributed by atoms with Gasteiger partial charge in [-0.05, 0) is 59.7 Å². The maximum Gasteiger partial charge on any atom is 0.411 e. The molecule has 0 aliphatic heterocycles. The highest BCUT2D eigenvalue weighted by molar-refractivity contribution is 7.99. The highest BCUT2D eigenvalue weighted by Crippen LogP contribution is 2.20. The summed E-state index contributed by atoms with van der Waals surface area (Å²) in [7, 11) is 0. The number of amides is 1. The third-order valence-electron chi connectivity index (χ3n) is 3.74. The van der Waals surface area contributed by atoms with Gasteiger partial charge >= 0.3 is 6.09 Å². The van der Waals surface area contributed by atoms with Gasteiger partial charge < -0.3 is 4.74 Å². The number of thioether (sulfide) groups is 1. The van der Waals surface area contributed by atoms with Crippen molar-refractivity contribution in [1.82, 2.24) is 20.2 Å². The Bertz CT molecular complexity index is 882. The highest BCUT2D eigenvalue weighted by Gasteiger charge is 2.10. The van der Waals surface area contributed by atoms with E-state index in [1.54, 1.807) is 16.8 Å². The summed E-state index contributed by atoms with van der Waals surface area (Å²) in [4.78, 5) is 11.7. The van der Waals surface area contributed by atoms with Crippen molar-refractivity contribution in [3.05, 3.63) is 59.7 Å². The lowest BCUT2D eigenvalue weighted by molar-refractivity contribution is 0.169. The molecule has 3 aromatic rings. The second-order valence-electron chi connectivity index (χ2n) is 5.62. The number of aryl methyl sites for hydroxylation is 2. The van der Waals surface area contributed by atoms with E-state index in [2.05, 4.69) is 34.7 Å². The summed E-state index contributed by atoms with van der Waals surface area (Å²) in [5.74, 6) is 0.549. The molecule has 0 atom stereocenters. The molecular weight excluding hydrogens is 350 g/mol. The van der Waals surface area contributed by atoms with Gasteiger partial charge in [-0.25, -0.2) is 4.79 Å². The topological polar surface area (TPSA) is 81.9 Å². The Morgan fingerprint density at radius 2 is 1.96 bits per heavy atom. The fourth-order valence-corrected chi connectivity index (χ4v) is 2.94. The van der Waals surface area contributed by atoms with Gasteiger partial charge in [0, 0.05) is 11.4 Å². The zero-order valence-electron chi connectivity index (χ0n) is 14.5. The van der Waals surface area contributed by atoms with Gasteiger partial charge in [0.2, 0.25) is 5.16 Å². The molecule has 134 valence electrons. The predicted molar refractivity (Wildman–Crippen MR) is 101 cm³/mol. The summed E-state index contributed by atoms with van der Waals surface area (Å²) in [6, 6.07) is 15.2. The number of tetrazole rings is 1. The van der Waals surface area contributed by atoms with Crippen LogP contribution in [0.25, 0.3) is 5.69 Å². The van der Waals surface area contributed by atoms with E-state index in [-0.39, 0.29) is 6.61 Å². The number of ether oxygens (including phenoxy) is 1. The van der Waals surface area contributed by atoms with Crippen molar-refractivity contribution in [1.29, 1.82) is 0 Å². The van der Waals surface area contributed by atoms with E-state index in [0.717, 1.165) is 5.69 Å². The number of nitrogens with one attached hydrogen (secondary N) is 1. The van der Waals surface area contributed by atoms with E-state index in [1.165, 1.54) is 22.9 Å². The average molecular weight is 369 g/mol. The van der Waals surface area contributed by atoms with Gasteiger partial charge in [0.1, 0.15) is 6.61 Å². The number of anilines is 1. The minimum absolute atomic E-state index is 0.253. The number of carbonyl (C=O) groups excluding carboxylic acids is 1. The minimum atomic E-state index is -0.481. The summed E-state index contributed by atoms with van der Waals surface area (Å²) >= 11 is 1.43. The van der Waals surface area contributed by atoms with Crippen molar-refractivity contribution in [2.45, 2.75) is 19.0 Å². The van der Waals surface area contributed by atoms with Crippen LogP contribution in [0.2, 0.25) is 0 Å². The first-order chi connectivity index (χ1) is 12.6. The maximum absolute atomic E-state index is 11.7. The van der Waals surface area contributed by atoms with Crippen LogP contribution in [0.3, 0.4) is 0 Å². The van der Waals surface area contributed by atoms with Crippen LogP contribution in [0.4, 0.5) is 10.5 Å². The van der Waals surface area contributed by atoms with Crippen molar-refractivity contribution < 1.29 is 9.53 Å². The number of benzene rings is 2. The smallest absolute Gasteiger partial charge is 0.411 e. The number of carbonyl (C=O) groups is 1. The normalized spacial score (nSPS) is 10.5. The Balaban J connectivity index is 1.51. The van der Waals surface area contributed by atoms with Gasteiger partial charge in [-0.1, -0.05) is 36.0 Å². The molecule has 8 heteroatoms. The van der Waals surface area contributed by atoms with Gasteiger partial charge in [-0.15, -0.1) is 5.10 Å². The second kappa shape index (κ2) is 8.48. The molecule has 3 rings (SSSR count). The molecule has 26 heavy (non-hydrogen) atoms. The van der Waals surface area contributed by atoms with E-state index in [4.69, 9.17) is 4.74 Å². The van der Waals surface area contributed by atoms with Crippen LogP contribution < -0.4 is 5.32 Å². The van der Waals surface area contributed by atoms with Crippen molar-refractivity contribution in [2.24, 2.45) is 0 Å². The highest BCUT2D eigenvalue weighted by atomic mass is 32.2. The fraction of sp³-hybridized carbons (Fsp3) is 0.222. The summed E-state index contributed by atoms with van der Waals surface area (Å²) < 4.78 is 6.86. The van der Waals surface area contributed by atoms with Crippen molar-refractivity contribution in [3.63, 3.8) is 0 Å². The number of hydrogen-bond donors (Lipinski definition) is 1. The zero-order chi connectivity index (χ0) is 18.4. The largest absolute Gasteiger partial charge is 0.448 e. The predicted octanol–water partition coefficient (Wildman–Crippen LogP) is 3.62. The number of nitrogens with zero attached hydrogens (tertiary/aromatic N) is 4. The third kappa shape index (κ3) is 4.60. The third-order valence-corrected chi connectivity index (χ3v) is 4.63. The second-order valence-corrected chi connectivity index (χ2v) is 6.68. The summed E-state index contributed by atoms with van der Waals surface area (Å²) in [5.41, 5.74) is 4.00. The Labute approximate surface area is 155 Å². The molecule has 1 heterocycles. The average Bonchev–Trinajstić information content (AvgIpc) is 3.10. The number of rotatable bonds is 6. The van der Waals surface area contributed by atoms with Gasteiger partial charge in [0.25, 0.3) is 0 Å². The first-order valence-electron chi connectivity index (χ1n) is 8.11. The van der Waals surface area contributed by atoms with Gasteiger partial charge in [0.05, 0.1) is 5.69 Å². The lowest BCUT2D eigenvalue weighted by Crippen LogP contribution is -2.15. The molecule has 0 radical (unpaired) electrons. The Morgan fingerprint density at radius 3 is 2.73 bits per heavy atom. The number of hydrogen-bond acceptors (Lipinski definition) is 6. The van der Waals surface area contributed by atoms with Crippen LogP contribution in [0.1, 0.15) is 11.1 Å². The molecule has 0 saturated heterocycles. The standard InChI is InChI=1S/C18H19N5O2S/c1-13-8-9-16(12-14(13)2)23-17(20-21-22-23)26-11-10-25-18(24)19-15-6-4-3-5-7-15/h3-9,12H,10-11H2,1-2H3,(H,19,24). The minimum Gasteiger partial charge on any atom is -0.448 e. The molecule has 2 aromatic carbocycles. The van der Waals surface area contributed by atoms with Crippen LogP contribution >= 0.6 is 11.8 Å². The van der Waals surface area contributed by atoms with Crippen molar-refractivity contribution >= 4 is 23.5 Å². The molecule has 1 amide bonds. The molecule has 0 aliphatic carbocycles. The maximum atomic E-state index is 11.7. The van der Waals surface area contributed by atoms with Crippen LogP contribution in [0.15, 0.2) is 53.7 Å². The fourth-order valence-electron chi connectivity index (χ4n) is 2.23. The number of para-hydroxylation sites is 1. The quantitative estimate of drug-likeness (QED) is 0.528. The molecule has 1 aromatic heterocycles. The molecule has 0 spiro atoms. The van der Waals surface area contributed by atoms with Crippen LogP contribution in [0, 0.1) is 13.8 Å². The Morgan fingerprint density at radius 1 is 1.15 bits per heavy atom. The lowest BCUT2D eigenvalue weighted by Gasteiger charge is -2.08. The zero-order valence-corrected chi connectivity index (χ0v) is 15.4. The molecule has 0 aliphatic rings. The number of aromatic nitrogens is 4. The summed E-state index contributed by atoms with van der Waals surface area (Å²) in [6.45, 7) is 4.37. The van der Waals surface area contributed by atoms with Crippen LogP contribution in [0.5, 0.6) is 0 Å². The molecule has 1 N–H and O–H groups in total. The van der Waals surface area contributed by atoms with Crippen molar-refractivity contribution in [2.75, 3.05) is 17.7 Å². The van der Waals surface area contributed by atoms with Crippen molar-refractivity contribution in [3.8, 4) is 5.69 Å².